The second kappa shape index (κ2) is 6.67. The fourth-order valence-corrected chi connectivity index (χ4v) is 2.39. The molecular weight excluding hydrogens is 337 g/mol. The van der Waals surface area contributed by atoms with Crippen molar-refractivity contribution in [2.45, 2.75) is 46.0 Å². The van der Waals surface area contributed by atoms with Crippen molar-refractivity contribution in [1.82, 2.24) is 5.01 Å². The van der Waals surface area contributed by atoms with Gasteiger partial charge in [0, 0.05) is 12.1 Å². The van der Waals surface area contributed by atoms with Crippen LogP contribution < -0.4 is 4.74 Å². The number of carbonyl (C=O) groups excluding carboxylic acids is 1. The maximum atomic E-state index is 13.3. The van der Waals surface area contributed by atoms with Crippen LogP contribution in [0.2, 0.25) is 0 Å². The maximum absolute atomic E-state index is 13.3. The number of amides is 1. The van der Waals surface area contributed by atoms with Crippen LogP contribution in [0, 0.1) is 19.8 Å². The van der Waals surface area contributed by atoms with Crippen molar-refractivity contribution in [2.24, 2.45) is 11.0 Å². The predicted molar refractivity (Wildman–Crippen MR) is 86.2 cm³/mol. The average molecular weight is 358 g/mol. The predicted octanol–water partition coefficient (Wildman–Crippen LogP) is 3.18. The van der Waals surface area contributed by atoms with E-state index in [1.54, 1.807) is 32.0 Å². The van der Waals surface area contributed by atoms with E-state index in [0.717, 1.165) is 11.1 Å². The number of carbonyl (C=O) groups is 1. The molecule has 1 aromatic rings. The van der Waals surface area contributed by atoms with Crippen molar-refractivity contribution in [3.63, 3.8) is 0 Å². The Bertz CT molecular complexity index is 701. The van der Waals surface area contributed by atoms with E-state index in [9.17, 15) is 23.1 Å². The standard InChI is InChI=1S/C17H21F3N2O3/c1-10(2)14-8-16(24,17(18,19)20)22(21-14)15(23)9-25-13-6-5-11(3)12(4)7-13/h5-7,10,24H,8-9H2,1-4H3/t16-/m0/s1. The van der Waals surface area contributed by atoms with E-state index in [0.29, 0.717) is 5.75 Å². The van der Waals surface area contributed by atoms with E-state index in [2.05, 4.69) is 5.10 Å². The van der Waals surface area contributed by atoms with Crippen LogP contribution in [-0.2, 0) is 4.79 Å². The molecule has 0 saturated heterocycles. The molecule has 1 aliphatic rings. The summed E-state index contributed by atoms with van der Waals surface area (Å²) in [5.41, 5.74) is -1.27. The second-order valence-corrected chi connectivity index (χ2v) is 6.48. The molecule has 0 saturated carbocycles. The normalized spacial score (nSPS) is 20.8. The summed E-state index contributed by atoms with van der Waals surface area (Å²) in [5, 5.41) is 13.9. The van der Waals surface area contributed by atoms with Crippen molar-refractivity contribution in [1.29, 1.82) is 0 Å². The van der Waals surface area contributed by atoms with Crippen LogP contribution in [-0.4, -0.2) is 40.2 Å². The zero-order valence-electron chi connectivity index (χ0n) is 14.5. The van der Waals surface area contributed by atoms with Crippen LogP contribution in [0.3, 0.4) is 0 Å². The minimum absolute atomic E-state index is 0.101. The number of nitrogens with zero attached hydrogens (tertiary/aromatic N) is 2. The molecule has 5 nitrogen and oxygen atoms in total. The SMILES string of the molecule is Cc1ccc(OCC(=O)N2N=C(C(C)C)C[C@]2(O)C(F)(F)F)cc1C. The van der Waals surface area contributed by atoms with Gasteiger partial charge in [-0.3, -0.25) is 4.79 Å². The van der Waals surface area contributed by atoms with Crippen molar-refractivity contribution in [3.05, 3.63) is 29.3 Å². The lowest BCUT2D eigenvalue weighted by atomic mass is 9.99. The third-order valence-corrected chi connectivity index (χ3v) is 4.20. The molecule has 0 unspecified atom stereocenters. The van der Waals surface area contributed by atoms with Gasteiger partial charge in [-0.05, 0) is 43.0 Å². The van der Waals surface area contributed by atoms with E-state index in [1.807, 2.05) is 13.8 Å². The third kappa shape index (κ3) is 3.78. The van der Waals surface area contributed by atoms with Crippen LogP contribution in [0.4, 0.5) is 13.2 Å². The topological polar surface area (TPSA) is 62.1 Å². The molecule has 1 atom stereocenters. The first kappa shape index (κ1) is 19.2. The molecular formula is C17H21F3N2O3. The summed E-state index contributed by atoms with van der Waals surface area (Å²) in [6.07, 6.45) is -5.78. The summed E-state index contributed by atoms with van der Waals surface area (Å²) in [4.78, 5) is 12.2. The summed E-state index contributed by atoms with van der Waals surface area (Å²) in [7, 11) is 0. The number of hydrogen-bond donors (Lipinski definition) is 1. The van der Waals surface area contributed by atoms with Gasteiger partial charge >= 0.3 is 6.18 Å². The minimum Gasteiger partial charge on any atom is -0.484 e. The zero-order chi connectivity index (χ0) is 19.0. The van der Waals surface area contributed by atoms with E-state index in [1.165, 1.54) is 0 Å². The number of aliphatic hydroxyl groups is 1. The maximum Gasteiger partial charge on any atom is 0.438 e. The molecule has 25 heavy (non-hydrogen) atoms. The van der Waals surface area contributed by atoms with Gasteiger partial charge in [0.15, 0.2) is 6.61 Å². The van der Waals surface area contributed by atoms with Crippen LogP contribution in [0.5, 0.6) is 5.75 Å². The lowest BCUT2D eigenvalue weighted by molar-refractivity contribution is -0.302. The summed E-state index contributed by atoms with van der Waals surface area (Å²) >= 11 is 0. The fraction of sp³-hybridized carbons (Fsp3) is 0.529. The molecule has 0 bridgehead atoms. The number of ether oxygens (including phenoxy) is 1. The van der Waals surface area contributed by atoms with Crippen LogP contribution in [0.25, 0.3) is 0 Å². The van der Waals surface area contributed by atoms with Crippen LogP contribution >= 0.6 is 0 Å². The monoisotopic (exact) mass is 358 g/mol. The largest absolute Gasteiger partial charge is 0.484 e. The number of hydrogen-bond acceptors (Lipinski definition) is 4. The van der Waals surface area contributed by atoms with Gasteiger partial charge in [-0.2, -0.15) is 23.3 Å². The molecule has 1 aliphatic heterocycles. The Morgan fingerprint density at radius 3 is 2.52 bits per heavy atom. The first-order valence-corrected chi connectivity index (χ1v) is 7.85. The van der Waals surface area contributed by atoms with Crippen molar-refractivity contribution in [2.75, 3.05) is 6.61 Å². The van der Waals surface area contributed by atoms with E-state index in [4.69, 9.17) is 4.74 Å². The summed E-state index contributed by atoms with van der Waals surface area (Å²) < 4.78 is 45.2. The Kier molecular flexibility index (Phi) is 5.13. The highest BCUT2D eigenvalue weighted by atomic mass is 19.4. The third-order valence-electron chi connectivity index (χ3n) is 4.20. The highest BCUT2D eigenvalue weighted by Crippen LogP contribution is 2.41. The van der Waals surface area contributed by atoms with E-state index in [-0.39, 0.29) is 16.6 Å². The van der Waals surface area contributed by atoms with Crippen LogP contribution in [0.1, 0.15) is 31.4 Å². The molecule has 0 aliphatic carbocycles. The summed E-state index contributed by atoms with van der Waals surface area (Å²) in [5.74, 6) is -1.03. The minimum atomic E-state index is -5.02. The van der Waals surface area contributed by atoms with Gasteiger partial charge < -0.3 is 9.84 Å². The molecule has 138 valence electrons. The van der Waals surface area contributed by atoms with Gasteiger partial charge in [0.05, 0.1) is 0 Å². The highest BCUT2D eigenvalue weighted by Gasteiger charge is 2.63. The summed E-state index contributed by atoms with van der Waals surface area (Å²) in [6, 6.07) is 5.09. The van der Waals surface area contributed by atoms with Gasteiger partial charge in [-0.1, -0.05) is 19.9 Å². The van der Waals surface area contributed by atoms with Crippen molar-refractivity contribution >= 4 is 11.6 Å². The number of hydrazone groups is 1. The molecule has 0 spiro atoms. The Balaban J connectivity index is 2.18. The molecule has 1 N–H and O–H groups in total. The molecule has 8 heteroatoms. The summed E-state index contributed by atoms with van der Waals surface area (Å²) in [6.45, 7) is 6.40. The molecule has 0 radical (unpaired) electrons. The first-order chi connectivity index (χ1) is 11.5. The highest BCUT2D eigenvalue weighted by molar-refractivity contribution is 5.92. The van der Waals surface area contributed by atoms with Gasteiger partial charge in [0.1, 0.15) is 5.75 Å². The zero-order valence-corrected chi connectivity index (χ0v) is 14.5. The number of benzene rings is 1. The lowest BCUT2D eigenvalue weighted by Gasteiger charge is -2.32. The average Bonchev–Trinajstić information content (AvgIpc) is 2.87. The fourth-order valence-electron chi connectivity index (χ4n) is 2.39. The van der Waals surface area contributed by atoms with Crippen LogP contribution in [0.15, 0.2) is 23.3 Å². The number of alkyl halides is 3. The van der Waals surface area contributed by atoms with Gasteiger partial charge in [-0.15, -0.1) is 0 Å². The smallest absolute Gasteiger partial charge is 0.438 e. The Labute approximate surface area is 144 Å². The number of aryl methyl sites for hydroxylation is 2. The quantitative estimate of drug-likeness (QED) is 0.899. The number of halogens is 3. The second-order valence-electron chi connectivity index (χ2n) is 6.48. The molecule has 1 aromatic carbocycles. The molecule has 1 amide bonds. The molecule has 0 aromatic heterocycles. The Morgan fingerprint density at radius 1 is 1.36 bits per heavy atom. The molecule has 0 fully saturated rings. The Hall–Kier alpha value is -2.09. The lowest BCUT2D eigenvalue weighted by Crippen LogP contribution is -2.57. The van der Waals surface area contributed by atoms with Crippen molar-refractivity contribution < 1.29 is 27.8 Å². The van der Waals surface area contributed by atoms with Gasteiger partial charge in [0.2, 0.25) is 0 Å². The first-order valence-electron chi connectivity index (χ1n) is 7.85. The van der Waals surface area contributed by atoms with Gasteiger partial charge in [0.25, 0.3) is 11.6 Å². The molecule has 2 rings (SSSR count). The van der Waals surface area contributed by atoms with E-state index >= 15 is 0 Å². The number of rotatable bonds is 4. The van der Waals surface area contributed by atoms with Gasteiger partial charge in [-0.25, -0.2) is 0 Å². The van der Waals surface area contributed by atoms with E-state index < -0.39 is 30.8 Å². The van der Waals surface area contributed by atoms with Crippen molar-refractivity contribution in [3.8, 4) is 5.75 Å². The molecule has 1 heterocycles. The Morgan fingerprint density at radius 2 is 2.00 bits per heavy atom.